The minimum absolute atomic E-state index is 0.0615. The molecule has 1 atom stereocenters. The second-order valence-corrected chi connectivity index (χ2v) is 6.45. The average molecular weight is 309 g/mol. The van der Waals surface area contributed by atoms with Crippen LogP contribution in [0.2, 0.25) is 0 Å². The largest absolute Gasteiger partial charge is 0.296 e. The van der Waals surface area contributed by atoms with Crippen molar-refractivity contribution < 1.29 is 4.79 Å². The van der Waals surface area contributed by atoms with Crippen molar-refractivity contribution in [2.75, 3.05) is 13.1 Å². The van der Waals surface area contributed by atoms with Crippen LogP contribution in [0, 0.1) is 5.41 Å². The standard InChI is InChI=1S/C21H27NO/c1-5-22(6-2)19(17-13-9-7-10-14-17)21(3,4)20(23)18-15-11-8-12-16-18/h7-16,19H,5-6H2,1-4H3. The van der Waals surface area contributed by atoms with Gasteiger partial charge in [0.1, 0.15) is 0 Å². The molecule has 2 aromatic rings. The summed E-state index contributed by atoms with van der Waals surface area (Å²) in [4.78, 5) is 15.6. The van der Waals surface area contributed by atoms with E-state index in [9.17, 15) is 4.79 Å². The van der Waals surface area contributed by atoms with Crippen molar-refractivity contribution in [1.82, 2.24) is 4.90 Å². The molecule has 0 saturated heterocycles. The lowest BCUT2D eigenvalue weighted by molar-refractivity contribution is 0.0583. The molecule has 0 aliphatic rings. The van der Waals surface area contributed by atoms with Crippen LogP contribution in [-0.2, 0) is 0 Å². The molecule has 2 nitrogen and oxygen atoms in total. The summed E-state index contributed by atoms with van der Waals surface area (Å²) in [7, 11) is 0. The molecule has 0 spiro atoms. The highest BCUT2D eigenvalue weighted by Gasteiger charge is 2.40. The third-order valence-corrected chi connectivity index (χ3v) is 4.60. The third kappa shape index (κ3) is 3.70. The molecule has 2 heteroatoms. The predicted molar refractivity (Wildman–Crippen MR) is 96.7 cm³/mol. The zero-order valence-corrected chi connectivity index (χ0v) is 14.6. The van der Waals surface area contributed by atoms with E-state index in [0.717, 1.165) is 18.7 Å². The lowest BCUT2D eigenvalue weighted by atomic mass is 9.74. The van der Waals surface area contributed by atoms with E-state index in [0.29, 0.717) is 0 Å². The Kier molecular flexibility index (Phi) is 5.73. The number of hydrogen-bond acceptors (Lipinski definition) is 2. The van der Waals surface area contributed by atoms with Crippen LogP contribution >= 0.6 is 0 Å². The van der Waals surface area contributed by atoms with Crippen LogP contribution in [0.3, 0.4) is 0 Å². The minimum Gasteiger partial charge on any atom is -0.296 e. The van der Waals surface area contributed by atoms with E-state index in [4.69, 9.17) is 0 Å². The highest BCUT2D eigenvalue weighted by Crippen LogP contribution is 2.40. The fraction of sp³-hybridized carbons (Fsp3) is 0.381. The lowest BCUT2D eigenvalue weighted by Crippen LogP contribution is -2.42. The Morgan fingerprint density at radius 1 is 0.913 bits per heavy atom. The fourth-order valence-electron chi connectivity index (χ4n) is 3.39. The summed E-state index contributed by atoms with van der Waals surface area (Å²) in [6, 6.07) is 20.1. The van der Waals surface area contributed by atoms with Gasteiger partial charge in [-0.15, -0.1) is 0 Å². The van der Waals surface area contributed by atoms with Gasteiger partial charge in [0, 0.05) is 17.0 Å². The number of ketones is 1. The average Bonchev–Trinajstić information content (AvgIpc) is 2.60. The second-order valence-electron chi connectivity index (χ2n) is 6.45. The SMILES string of the molecule is CCN(CC)C(c1ccccc1)C(C)(C)C(=O)c1ccccc1. The van der Waals surface area contributed by atoms with Crippen molar-refractivity contribution in [1.29, 1.82) is 0 Å². The van der Waals surface area contributed by atoms with Gasteiger partial charge in [-0.2, -0.15) is 0 Å². The maximum Gasteiger partial charge on any atom is 0.170 e. The quantitative estimate of drug-likeness (QED) is 0.672. The number of carbonyl (C=O) groups excluding carboxylic acids is 1. The Morgan fingerprint density at radius 3 is 1.87 bits per heavy atom. The smallest absolute Gasteiger partial charge is 0.170 e. The van der Waals surface area contributed by atoms with Gasteiger partial charge >= 0.3 is 0 Å². The van der Waals surface area contributed by atoms with Crippen molar-refractivity contribution in [2.24, 2.45) is 5.41 Å². The van der Waals surface area contributed by atoms with E-state index in [-0.39, 0.29) is 11.8 Å². The van der Waals surface area contributed by atoms with E-state index < -0.39 is 5.41 Å². The maximum atomic E-state index is 13.2. The highest BCUT2D eigenvalue weighted by atomic mass is 16.1. The molecule has 0 bridgehead atoms. The monoisotopic (exact) mass is 309 g/mol. The van der Waals surface area contributed by atoms with Crippen molar-refractivity contribution in [2.45, 2.75) is 33.7 Å². The lowest BCUT2D eigenvalue weighted by Gasteiger charge is -2.41. The molecule has 23 heavy (non-hydrogen) atoms. The van der Waals surface area contributed by atoms with Gasteiger partial charge in [-0.1, -0.05) is 88.4 Å². The number of carbonyl (C=O) groups is 1. The Bertz CT molecular complexity index is 615. The molecule has 2 rings (SSSR count). The molecule has 0 aromatic heterocycles. The first-order valence-electron chi connectivity index (χ1n) is 8.41. The summed E-state index contributed by atoms with van der Waals surface area (Å²) >= 11 is 0. The number of Topliss-reactive ketones (excluding diaryl/α,β-unsaturated/α-hetero) is 1. The van der Waals surface area contributed by atoms with Gasteiger partial charge in [-0.3, -0.25) is 9.69 Å². The predicted octanol–water partition coefficient (Wildman–Crippen LogP) is 4.98. The Labute approximate surface area is 140 Å². The number of rotatable bonds is 7. The molecule has 0 N–H and O–H groups in total. The van der Waals surface area contributed by atoms with Gasteiger partial charge in [-0.25, -0.2) is 0 Å². The zero-order valence-electron chi connectivity index (χ0n) is 14.6. The molecule has 122 valence electrons. The Balaban J connectivity index is 2.46. The highest BCUT2D eigenvalue weighted by molar-refractivity contribution is 6.00. The van der Waals surface area contributed by atoms with Gasteiger partial charge in [0.2, 0.25) is 0 Å². The summed E-state index contributed by atoms with van der Waals surface area (Å²) in [5, 5.41) is 0. The molecule has 0 aliphatic carbocycles. The zero-order chi connectivity index (χ0) is 16.9. The molecule has 0 radical (unpaired) electrons. The molecule has 0 heterocycles. The van der Waals surface area contributed by atoms with Gasteiger partial charge in [-0.05, 0) is 18.7 Å². The van der Waals surface area contributed by atoms with Gasteiger partial charge in [0.05, 0.1) is 0 Å². The van der Waals surface area contributed by atoms with E-state index in [1.807, 2.05) is 36.4 Å². The summed E-state index contributed by atoms with van der Waals surface area (Å²) in [5.74, 6) is 0.193. The third-order valence-electron chi connectivity index (χ3n) is 4.60. The number of benzene rings is 2. The van der Waals surface area contributed by atoms with Crippen LogP contribution in [0.1, 0.15) is 49.7 Å². The molecular weight excluding hydrogens is 282 g/mol. The van der Waals surface area contributed by atoms with Gasteiger partial charge in [0.15, 0.2) is 5.78 Å². The topological polar surface area (TPSA) is 20.3 Å². The Hall–Kier alpha value is -1.93. The van der Waals surface area contributed by atoms with E-state index in [2.05, 4.69) is 56.9 Å². The van der Waals surface area contributed by atoms with Crippen molar-refractivity contribution in [3.05, 3.63) is 71.8 Å². The Morgan fingerprint density at radius 2 is 1.39 bits per heavy atom. The summed E-state index contributed by atoms with van der Waals surface area (Å²) < 4.78 is 0. The normalized spacial score (nSPS) is 13.1. The fourth-order valence-corrected chi connectivity index (χ4v) is 3.39. The second kappa shape index (κ2) is 7.56. The van der Waals surface area contributed by atoms with Crippen LogP contribution in [-0.4, -0.2) is 23.8 Å². The summed E-state index contributed by atoms with van der Waals surface area (Å²) in [6.45, 7) is 10.3. The minimum atomic E-state index is -0.505. The molecule has 2 aromatic carbocycles. The maximum absolute atomic E-state index is 13.2. The van der Waals surface area contributed by atoms with Crippen LogP contribution in [0.25, 0.3) is 0 Å². The van der Waals surface area contributed by atoms with E-state index in [1.54, 1.807) is 0 Å². The first kappa shape index (κ1) is 17.4. The number of hydrogen-bond donors (Lipinski definition) is 0. The van der Waals surface area contributed by atoms with Crippen molar-refractivity contribution >= 4 is 5.78 Å². The van der Waals surface area contributed by atoms with Crippen LogP contribution in [0.4, 0.5) is 0 Å². The molecule has 1 unspecified atom stereocenters. The summed E-state index contributed by atoms with van der Waals surface area (Å²) in [5.41, 5.74) is 1.48. The van der Waals surface area contributed by atoms with Crippen molar-refractivity contribution in [3.8, 4) is 0 Å². The van der Waals surface area contributed by atoms with Crippen LogP contribution in [0.5, 0.6) is 0 Å². The molecule has 0 fully saturated rings. The first-order valence-corrected chi connectivity index (χ1v) is 8.41. The van der Waals surface area contributed by atoms with Crippen molar-refractivity contribution in [3.63, 3.8) is 0 Å². The molecule has 0 aliphatic heterocycles. The summed E-state index contributed by atoms with van der Waals surface area (Å²) in [6.07, 6.45) is 0. The van der Waals surface area contributed by atoms with E-state index in [1.165, 1.54) is 5.56 Å². The van der Waals surface area contributed by atoms with Gasteiger partial charge < -0.3 is 0 Å². The number of nitrogens with zero attached hydrogens (tertiary/aromatic N) is 1. The molecule has 0 amide bonds. The van der Waals surface area contributed by atoms with Crippen LogP contribution < -0.4 is 0 Å². The van der Waals surface area contributed by atoms with Crippen LogP contribution in [0.15, 0.2) is 60.7 Å². The van der Waals surface area contributed by atoms with Gasteiger partial charge in [0.25, 0.3) is 0 Å². The first-order chi connectivity index (χ1) is 11.0. The molecular formula is C21H27NO. The molecule has 0 saturated carbocycles. The van der Waals surface area contributed by atoms with E-state index >= 15 is 0 Å².